The second-order valence-electron chi connectivity index (χ2n) is 4.59. The molecule has 0 saturated heterocycles. The van der Waals surface area contributed by atoms with Crippen LogP contribution in [0.3, 0.4) is 0 Å². The summed E-state index contributed by atoms with van der Waals surface area (Å²) in [6.07, 6.45) is 1.15. The lowest BCUT2D eigenvalue weighted by molar-refractivity contribution is -0.129. The summed E-state index contributed by atoms with van der Waals surface area (Å²) < 4.78 is 10.5. The Bertz CT molecular complexity index is 524. The summed E-state index contributed by atoms with van der Waals surface area (Å²) >= 11 is 0. The molecular formula is C16H19NO4. The van der Waals surface area contributed by atoms with E-state index in [1.165, 1.54) is 0 Å². The molecule has 0 aliphatic heterocycles. The van der Waals surface area contributed by atoms with Gasteiger partial charge in [-0.15, -0.1) is 0 Å². The van der Waals surface area contributed by atoms with Gasteiger partial charge in [0.2, 0.25) is 0 Å². The number of ether oxygens (including phenoxy) is 1. The zero-order valence-corrected chi connectivity index (χ0v) is 11.7. The Hall–Kier alpha value is -2.11. The third-order valence-corrected chi connectivity index (χ3v) is 2.95. The molecule has 5 heteroatoms. The van der Waals surface area contributed by atoms with Crippen LogP contribution in [0.5, 0.6) is 0 Å². The van der Waals surface area contributed by atoms with Gasteiger partial charge in [-0.3, -0.25) is 4.79 Å². The van der Waals surface area contributed by atoms with Gasteiger partial charge in [0.15, 0.2) is 6.10 Å². The van der Waals surface area contributed by atoms with Crippen molar-refractivity contribution < 1.29 is 19.1 Å². The Labute approximate surface area is 123 Å². The van der Waals surface area contributed by atoms with E-state index in [0.717, 1.165) is 5.76 Å². The highest BCUT2D eigenvalue weighted by molar-refractivity contribution is 5.81. The van der Waals surface area contributed by atoms with E-state index in [1.807, 2.05) is 18.2 Å². The quantitative estimate of drug-likeness (QED) is 0.729. The van der Waals surface area contributed by atoms with Gasteiger partial charge in [-0.25, -0.2) is 0 Å². The SMILES string of the molecule is O=C(NCCCOCc1ccco1)C(O)c1ccccc1. The molecule has 2 rings (SSSR count). The zero-order valence-electron chi connectivity index (χ0n) is 11.7. The summed E-state index contributed by atoms with van der Waals surface area (Å²) in [5, 5.41) is 12.5. The summed E-state index contributed by atoms with van der Waals surface area (Å²) in [5.41, 5.74) is 0.587. The minimum atomic E-state index is -1.13. The summed E-state index contributed by atoms with van der Waals surface area (Å²) in [6.45, 7) is 1.40. The highest BCUT2D eigenvalue weighted by atomic mass is 16.5. The van der Waals surface area contributed by atoms with Crippen LogP contribution in [-0.2, 0) is 16.1 Å². The van der Waals surface area contributed by atoms with Crippen molar-refractivity contribution in [2.24, 2.45) is 0 Å². The molecule has 112 valence electrons. The highest BCUT2D eigenvalue weighted by Gasteiger charge is 2.15. The second-order valence-corrected chi connectivity index (χ2v) is 4.59. The van der Waals surface area contributed by atoms with E-state index in [0.29, 0.717) is 31.7 Å². The number of hydrogen-bond donors (Lipinski definition) is 2. The molecule has 0 aliphatic rings. The van der Waals surface area contributed by atoms with E-state index in [4.69, 9.17) is 9.15 Å². The van der Waals surface area contributed by atoms with E-state index in [9.17, 15) is 9.90 Å². The molecule has 21 heavy (non-hydrogen) atoms. The minimum absolute atomic E-state index is 0.396. The normalized spacial score (nSPS) is 12.0. The van der Waals surface area contributed by atoms with Crippen molar-refractivity contribution in [1.29, 1.82) is 0 Å². The van der Waals surface area contributed by atoms with Crippen molar-refractivity contribution in [3.05, 3.63) is 60.1 Å². The number of furan rings is 1. The van der Waals surface area contributed by atoms with E-state index < -0.39 is 12.0 Å². The smallest absolute Gasteiger partial charge is 0.253 e. The number of amides is 1. The van der Waals surface area contributed by atoms with Crippen molar-refractivity contribution in [3.63, 3.8) is 0 Å². The monoisotopic (exact) mass is 289 g/mol. The van der Waals surface area contributed by atoms with Crippen LogP contribution in [0.2, 0.25) is 0 Å². The predicted molar refractivity (Wildman–Crippen MR) is 77.4 cm³/mol. The summed E-state index contributed by atoms with van der Waals surface area (Å²) in [7, 11) is 0. The Morgan fingerprint density at radius 3 is 2.76 bits per heavy atom. The first-order valence-electron chi connectivity index (χ1n) is 6.88. The minimum Gasteiger partial charge on any atom is -0.467 e. The number of aliphatic hydroxyl groups is 1. The molecule has 5 nitrogen and oxygen atoms in total. The van der Waals surface area contributed by atoms with Crippen molar-refractivity contribution in [2.45, 2.75) is 19.1 Å². The van der Waals surface area contributed by atoms with Crippen molar-refractivity contribution in [2.75, 3.05) is 13.2 Å². The first-order chi connectivity index (χ1) is 10.3. The molecule has 0 aliphatic carbocycles. The zero-order chi connectivity index (χ0) is 14.9. The first-order valence-corrected chi connectivity index (χ1v) is 6.88. The van der Waals surface area contributed by atoms with E-state index in [-0.39, 0.29) is 0 Å². The van der Waals surface area contributed by atoms with Gasteiger partial charge < -0.3 is 19.6 Å². The number of carbonyl (C=O) groups is 1. The summed E-state index contributed by atoms with van der Waals surface area (Å²) in [5.74, 6) is 0.380. The van der Waals surface area contributed by atoms with Crippen LogP contribution in [0.1, 0.15) is 23.8 Å². The molecule has 0 spiro atoms. The fourth-order valence-corrected chi connectivity index (χ4v) is 1.84. The molecule has 1 aromatic heterocycles. The standard InChI is InChI=1S/C16H19NO4/c18-15(13-6-2-1-3-7-13)16(19)17-9-5-10-20-12-14-8-4-11-21-14/h1-4,6-8,11,15,18H,5,9-10,12H2,(H,17,19). The number of aliphatic hydroxyl groups excluding tert-OH is 1. The largest absolute Gasteiger partial charge is 0.467 e. The van der Waals surface area contributed by atoms with Gasteiger partial charge >= 0.3 is 0 Å². The fraction of sp³-hybridized carbons (Fsp3) is 0.312. The second kappa shape index (κ2) is 8.24. The van der Waals surface area contributed by atoms with Crippen LogP contribution in [0.4, 0.5) is 0 Å². The lowest BCUT2D eigenvalue weighted by Crippen LogP contribution is -2.30. The Kier molecular flexibility index (Phi) is 5.99. The van der Waals surface area contributed by atoms with Crippen LogP contribution in [-0.4, -0.2) is 24.2 Å². The van der Waals surface area contributed by atoms with Crippen LogP contribution in [0.25, 0.3) is 0 Å². The maximum absolute atomic E-state index is 11.7. The molecule has 1 heterocycles. The molecule has 1 amide bonds. The number of carbonyl (C=O) groups excluding carboxylic acids is 1. The lowest BCUT2D eigenvalue weighted by atomic mass is 10.1. The molecule has 0 radical (unpaired) electrons. The number of rotatable bonds is 8. The average molecular weight is 289 g/mol. The Morgan fingerprint density at radius 1 is 1.24 bits per heavy atom. The third kappa shape index (κ3) is 5.06. The average Bonchev–Trinajstić information content (AvgIpc) is 3.04. The highest BCUT2D eigenvalue weighted by Crippen LogP contribution is 2.11. The van der Waals surface area contributed by atoms with Gasteiger partial charge in [0.1, 0.15) is 12.4 Å². The molecule has 0 saturated carbocycles. The molecule has 2 aromatic rings. The van der Waals surface area contributed by atoms with Gasteiger partial charge in [0, 0.05) is 13.2 Å². The van der Waals surface area contributed by atoms with E-state index in [2.05, 4.69) is 5.32 Å². The summed E-state index contributed by atoms with van der Waals surface area (Å²) in [4.78, 5) is 11.7. The van der Waals surface area contributed by atoms with Crippen molar-refractivity contribution in [1.82, 2.24) is 5.32 Å². The topological polar surface area (TPSA) is 71.7 Å². The van der Waals surface area contributed by atoms with Gasteiger partial charge in [0.05, 0.1) is 6.26 Å². The van der Waals surface area contributed by atoms with Crippen molar-refractivity contribution >= 4 is 5.91 Å². The molecular weight excluding hydrogens is 270 g/mol. The maximum atomic E-state index is 11.7. The predicted octanol–water partition coefficient (Wildman–Crippen LogP) is 2.04. The Morgan fingerprint density at radius 2 is 2.05 bits per heavy atom. The van der Waals surface area contributed by atoms with Crippen LogP contribution in [0, 0.1) is 0 Å². The van der Waals surface area contributed by atoms with Gasteiger partial charge in [-0.05, 0) is 24.1 Å². The number of hydrogen-bond acceptors (Lipinski definition) is 4. The molecule has 1 atom stereocenters. The van der Waals surface area contributed by atoms with Crippen LogP contribution in [0.15, 0.2) is 53.1 Å². The van der Waals surface area contributed by atoms with Gasteiger partial charge in [-0.1, -0.05) is 30.3 Å². The molecule has 0 bridgehead atoms. The van der Waals surface area contributed by atoms with E-state index in [1.54, 1.807) is 30.5 Å². The van der Waals surface area contributed by atoms with E-state index >= 15 is 0 Å². The third-order valence-electron chi connectivity index (χ3n) is 2.95. The van der Waals surface area contributed by atoms with Gasteiger partial charge in [-0.2, -0.15) is 0 Å². The van der Waals surface area contributed by atoms with Gasteiger partial charge in [0.25, 0.3) is 5.91 Å². The molecule has 1 aromatic carbocycles. The fourth-order valence-electron chi connectivity index (χ4n) is 1.84. The molecule has 1 unspecified atom stereocenters. The number of benzene rings is 1. The number of nitrogens with one attached hydrogen (secondary N) is 1. The molecule has 0 fully saturated rings. The van der Waals surface area contributed by atoms with Crippen LogP contribution < -0.4 is 5.32 Å². The lowest BCUT2D eigenvalue weighted by Gasteiger charge is -2.11. The first kappa shape index (κ1) is 15.3. The van der Waals surface area contributed by atoms with Crippen LogP contribution >= 0.6 is 0 Å². The Balaban J connectivity index is 1.59. The maximum Gasteiger partial charge on any atom is 0.253 e. The summed E-state index contributed by atoms with van der Waals surface area (Å²) in [6, 6.07) is 12.5. The molecule has 2 N–H and O–H groups in total. The van der Waals surface area contributed by atoms with Crippen molar-refractivity contribution in [3.8, 4) is 0 Å².